The van der Waals surface area contributed by atoms with Crippen molar-refractivity contribution in [3.8, 4) is 0 Å². The van der Waals surface area contributed by atoms with Crippen LogP contribution in [0.2, 0.25) is 0 Å². The molecule has 1 aliphatic carbocycles. The fraction of sp³-hybridized carbons (Fsp3) is 0.625. The van der Waals surface area contributed by atoms with E-state index in [4.69, 9.17) is 5.73 Å². The molecule has 3 N–H and O–H groups in total. The zero-order chi connectivity index (χ0) is 15.0. The van der Waals surface area contributed by atoms with Crippen molar-refractivity contribution in [2.45, 2.75) is 45.6 Å². The molecule has 0 amide bonds. The predicted octanol–water partition coefficient (Wildman–Crippen LogP) is 3.54. The lowest BCUT2D eigenvalue weighted by Gasteiger charge is -2.45. The first kappa shape index (κ1) is 15.4. The summed E-state index contributed by atoms with van der Waals surface area (Å²) in [6, 6.07) is 3.66. The van der Waals surface area contributed by atoms with Gasteiger partial charge in [0.1, 0.15) is 11.6 Å². The summed E-state index contributed by atoms with van der Waals surface area (Å²) in [6.45, 7) is 4.57. The van der Waals surface area contributed by atoms with Crippen molar-refractivity contribution in [3.63, 3.8) is 0 Å². The zero-order valence-electron chi connectivity index (χ0n) is 12.1. The summed E-state index contributed by atoms with van der Waals surface area (Å²) < 4.78 is 27.7. The Morgan fingerprint density at radius 2 is 1.65 bits per heavy atom. The summed E-state index contributed by atoms with van der Waals surface area (Å²) >= 11 is 0. The van der Waals surface area contributed by atoms with Gasteiger partial charge < -0.3 is 10.8 Å². The van der Waals surface area contributed by atoms with Crippen molar-refractivity contribution in [1.82, 2.24) is 0 Å². The van der Waals surface area contributed by atoms with Crippen molar-refractivity contribution < 1.29 is 13.9 Å². The lowest BCUT2D eigenvalue weighted by Crippen LogP contribution is -2.42. The number of rotatable bonds is 3. The van der Waals surface area contributed by atoms with E-state index in [0.717, 1.165) is 12.8 Å². The minimum absolute atomic E-state index is 0.201. The molecule has 0 saturated heterocycles. The number of hydrogen-bond donors (Lipinski definition) is 2. The molecule has 112 valence electrons. The summed E-state index contributed by atoms with van der Waals surface area (Å²) in [5, 5.41) is 10.6. The summed E-state index contributed by atoms with van der Waals surface area (Å²) in [5.74, 6) is -1.40. The van der Waals surface area contributed by atoms with Crippen LogP contribution in [0.5, 0.6) is 0 Å². The maximum absolute atomic E-state index is 13.9. The maximum Gasteiger partial charge on any atom is 0.131 e. The molecule has 1 unspecified atom stereocenters. The second-order valence-electron chi connectivity index (χ2n) is 6.77. The Morgan fingerprint density at radius 1 is 1.15 bits per heavy atom. The van der Waals surface area contributed by atoms with Gasteiger partial charge >= 0.3 is 0 Å². The molecule has 1 aromatic carbocycles. The molecular weight excluding hydrogens is 260 g/mol. The molecule has 4 heteroatoms. The van der Waals surface area contributed by atoms with Crippen molar-refractivity contribution >= 4 is 0 Å². The largest absolute Gasteiger partial charge is 0.388 e. The highest BCUT2D eigenvalue weighted by atomic mass is 19.1. The summed E-state index contributed by atoms with van der Waals surface area (Å²) in [5.41, 5.74) is 5.20. The Bertz CT molecular complexity index is 457. The Labute approximate surface area is 119 Å². The number of aliphatic hydroxyl groups excluding tert-OH is 1. The number of aliphatic hydroxyl groups is 1. The molecule has 1 fully saturated rings. The van der Waals surface area contributed by atoms with Gasteiger partial charge in [-0.25, -0.2) is 8.78 Å². The first-order valence-electron chi connectivity index (χ1n) is 7.13. The van der Waals surface area contributed by atoms with Crippen LogP contribution in [0.15, 0.2) is 18.2 Å². The number of hydrogen-bond acceptors (Lipinski definition) is 2. The smallest absolute Gasteiger partial charge is 0.131 e. The second kappa shape index (κ2) is 5.41. The first-order valence-corrected chi connectivity index (χ1v) is 7.13. The fourth-order valence-electron chi connectivity index (χ4n) is 3.09. The van der Waals surface area contributed by atoms with Gasteiger partial charge in [0.2, 0.25) is 0 Å². The SMILES string of the molecule is CC1(C)CCC(CN)(C(O)c2c(F)cccc2F)CC1. The number of nitrogens with two attached hydrogens (primary N) is 1. The molecular formula is C16H23F2NO. The highest BCUT2D eigenvalue weighted by Gasteiger charge is 2.44. The van der Waals surface area contributed by atoms with Crippen LogP contribution in [0.25, 0.3) is 0 Å². The van der Waals surface area contributed by atoms with Gasteiger partial charge in [-0.3, -0.25) is 0 Å². The third kappa shape index (κ3) is 2.72. The Balaban J connectivity index is 2.33. The number of benzene rings is 1. The topological polar surface area (TPSA) is 46.2 Å². The Hall–Kier alpha value is -1.00. The Morgan fingerprint density at radius 3 is 2.10 bits per heavy atom. The van der Waals surface area contributed by atoms with Crippen LogP contribution in [0.3, 0.4) is 0 Å². The van der Waals surface area contributed by atoms with E-state index in [0.29, 0.717) is 12.8 Å². The van der Waals surface area contributed by atoms with Crippen LogP contribution in [0.4, 0.5) is 8.78 Å². The molecule has 20 heavy (non-hydrogen) atoms. The molecule has 0 aliphatic heterocycles. The van der Waals surface area contributed by atoms with Crippen molar-refractivity contribution in [2.75, 3.05) is 6.54 Å². The van der Waals surface area contributed by atoms with Gasteiger partial charge in [0.15, 0.2) is 0 Å². The number of halogens is 2. The minimum atomic E-state index is -1.19. The van der Waals surface area contributed by atoms with Crippen LogP contribution in [-0.2, 0) is 0 Å². The first-order chi connectivity index (χ1) is 9.31. The molecule has 0 heterocycles. The van der Waals surface area contributed by atoms with E-state index >= 15 is 0 Å². The minimum Gasteiger partial charge on any atom is -0.388 e. The van der Waals surface area contributed by atoms with Gasteiger partial charge in [-0.1, -0.05) is 19.9 Å². The second-order valence-corrected chi connectivity index (χ2v) is 6.77. The zero-order valence-corrected chi connectivity index (χ0v) is 12.1. The quantitative estimate of drug-likeness (QED) is 0.891. The van der Waals surface area contributed by atoms with Crippen LogP contribution < -0.4 is 5.73 Å². The summed E-state index contributed by atoms with van der Waals surface area (Å²) in [4.78, 5) is 0. The maximum atomic E-state index is 13.9. The van der Waals surface area contributed by atoms with Gasteiger partial charge in [-0.2, -0.15) is 0 Å². The van der Waals surface area contributed by atoms with E-state index in [2.05, 4.69) is 13.8 Å². The molecule has 2 rings (SSSR count). The van der Waals surface area contributed by atoms with E-state index in [9.17, 15) is 13.9 Å². The standard InChI is InChI=1S/C16H23F2NO/c1-15(2)6-8-16(10-19,9-7-15)14(20)13-11(17)4-3-5-12(13)18/h3-5,14,20H,6-10,19H2,1-2H3. The van der Waals surface area contributed by atoms with Gasteiger partial charge in [0, 0.05) is 12.0 Å². The van der Waals surface area contributed by atoms with Crippen molar-refractivity contribution in [2.24, 2.45) is 16.6 Å². The van der Waals surface area contributed by atoms with E-state index in [1.807, 2.05) is 0 Å². The molecule has 1 saturated carbocycles. The van der Waals surface area contributed by atoms with Gasteiger partial charge in [-0.15, -0.1) is 0 Å². The van der Waals surface area contributed by atoms with Gasteiger partial charge in [-0.05, 0) is 43.2 Å². The lowest BCUT2D eigenvalue weighted by atomic mass is 9.62. The third-order valence-electron chi connectivity index (χ3n) is 4.86. The lowest BCUT2D eigenvalue weighted by molar-refractivity contribution is -0.0272. The third-order valence-corrected chi connectivity index (χ3v) is 4.86. The Kier molecular flexibility index (Phi) is 4.17. The van der Waals surface area contributed by atoms with Gasteiger partial charge in [0.05, 0.1) is 11.7 Å². The fourth-order valence-corrected chi connectivity index (χ4v) is 3.09. The van der Waals surface area contributed by atoms with Crippen LogP contribution in [0.1, 0.15) is 51.2 Å². The normalized spacial score (nSPS) is 22.5. The van der Waals surface area contributed by atoms with Crippen LogP contribution in [0, 0.1) is 22.5 Å². The molecule has 0 bridgehead atoms. The van der Waals surface area contributed by atoms with Crippen LogP contribution in [-0.4, -0.2) is 11.7 Å². The summed E-state index contributed by atoms with van der Waals surface area (Å²) in [6.07, 6.45) is 1.98. The van der Waals surface area contributed by atoms with Crippen molar-refractivity contribution in [3.05, 3.63) is 35.4 Å². The molecule has 1 atom stereocenters. The van der Waals surface area contributed by atoms with E-state index in [-0.39, 0.29) is 17.5 Å². The van der Waals surface area contributed by atoms with Crippen molar-refractivity contribution in [1.29, 1.82) is 0 Å². The average molecular weight is 283 g/mol. The predicted molar refractivity (Wildman–Crippen MR) is 75.1 cm³/mol. The van der Waals surface area contributed by atoms with Crippen LogP contribution >= 0.6 is 0 Å². The van der Waals surface area contributed by atoms with E-state index in [1.165, 1.54) is 18.2 Å². The van der Waals surface area contributed by atoms with E-state index in [1.54, 1.807) is 0 Å². The average Bonchev–Trinajstić information content (AvgIpc) is 2.39. The monoisotopic (exact) mass is 283 g/mol. The molecule has 0 radical (unpaired) electrons. The molecule has 1 aliphatic rings. The van der Waals surface area contributed by atoms with E-state index < -0.39 is 23.2 Å². The molecule has 0 aromatic heterocycles. The highest BCUT2D eigenvalue weighted by Crippen LogP contribution is 2.51. The summed E-state index contributed by atoms with van der Waals surface area (Å²) in [7, 11) is 0. The molecule has 1 aromatic rings. The molecule has 2 nitrogen and oxygen atoms in total. The highest BCUT2D eigenvalue weighted by molar-refractivity contribution is 5.24. The molecule has 0 spiro atoms. The van der Waals surface area contributed by atoms with Gasteiger partial charge in [0.25, 0.3) is 0 Å².